The molecule has 0 aliphatic rings. The predicted molar refractivity (Wildman–Crippen MR) is 157 cm³/mol. The Bertz CT molecular complexity index is 970. The highest BCUT2D eigenvalue weighted by Crippen LogP contribution is 2.45. The van der Waals surface area contributed by atoms with E-state index in [4.69, 9.17) is 8.83 Å². The largest absolute Gasteiger partial charge is 0.466 e. The van der Waals surface area contributed by atoms with Gasteiger partial charge in [0.15, 0.2) is 0 Å². The van der Waals surface area contributed by atoms with Crippen molar-refractivity contribution < 1.29 is 8.83 Å². The lowest BCUT2D eigenvalue weighted by molar-refractivity contribution is 0.627. The van der Waals surface area contributed by atoms with Crippen molar-refractivity contribution in [1.82, 2.24) is 0 Å². The van der Waals surface area contributed by atoms with Crippen molar-refractivity contribution >= 4 is 48.9 Å². The predicted octanol–water partition coefficient (Wildman–Crippen LogP) is 9.57. The molecule has 0 amide bonds. The van der Waals surface area contributed by atoms with Crippen molar-refractivity contribution in [2.24, 2.45) is 0 Å². The van der Waals surface area contributed by atoms with E-state index in [1.165, 1.54) is 32.7 Å². The van der Waals surface area contributed by atoms with Crippen LogP contribution in [0.4, 0.5) is 0 Å². The average molecular weight is 499 g/mol. The third kappa shape index (κ3) is 3.61. The van der Waals surface area contributed by atoms with E-state index in [0.29, 0.717) is 33.2 Å². The average Bonchev–Trinajstić information content (AvgIpc) is 3.31. The van der Waals surface area contributed by atoms with Gasteiger partial charge in [-0.15, -0.1) is 0 Å². The fourth-order valence-corrected chi connectivity index (χ4v) is 21.0. The molecule has 0 aliphatic heterocycles. The molecule has 2 nitrogen and oxygen atoms in total. The Labute approximate surface area is 210 Å². The maximum absolute atomic E-state index is 6.91. The molecule has 0 aliphatic carbocycles. The van der Waals surface area contributed by atoms with Crippen LogP contribution >= 0.6 is 0 Å². The maximum atomic E-state index is 6.91. The zero-order valence-electron chi connectivity index (χ0n) is 24.4. The van der Waals surface area contributed by atoms with Crippen LogP contribution in [0.25, 0.3) is 21.9 Å². The maximum Gasteiger partial charge on any atom is 0.140 e. The normalized spacial score (nSPS) is 14.0. The molecule has 34 heavy (non-hydrogen) atoms. The molecule has 3 aromatic rings. The van der Waals surface area contributed by atoms with Gasteiger partial charge in [0.05, 0.1) is 10.8 Å². The minimum absolute atomic E-state index is 0.623. The number of fused-ring (bicyclic) bond motifs is 2. The molecule has 0 fully saturated rings. The fraction of sp³-hybridized carbons (Fsp3) is 0.667. The summed E-state index contributed by atoms with van der Waals surface area (Å²) >= 11 is 0. The molecule has 0 atom stereocenters. The first-order chi connectivity index (χ1) is 15.7. The highest BCUT2D eigenvalue weighted by Gasteiger charge is 2.49. The Morgan fingerprint density at radius 2 is 0.706 bits per heavy atom. The van der Waals surface area contributed by atoms with Gasteiger partial charge in [-0.3, -0.25) is 0 Å². The van der Waals surface area contributed by atoms with Gasteiger partial charge in [-0.05, 0) is 59.2 Å². The zero-order chi connectivity index (χ0) is 25.9. The van der Waals surface area contributed by atoms with Crippen LogP contribution in [-0.2, 0) is 0 Å². The highest BCUT2D eigenvalue weighted by molar-refractivity contribution is 6.94. The van der Waals surface area contributed by atoms with E-state index < -0.39 is 16.1 Å². The summed E-state index contributed by atoms with van der Waals surface area (Å²) in [5.41, 5.74) is 8.39. The zero-order valence-corrected chi connectivity index (χ0v) is 26.4. The quantitative estimate of drug-likeness (QED) is 0.289. The van der Waals surface area contributed by atoms with Crippen LogP contribution in [0.15, 0.2) is 21.0 Å². The monoisotopic (exact) mass is 498 g/mol. The number of hydrogen-bond donors (Lipinski definition) is 0. The smallest absolute Gasteiger partial charge is 0.140 e. The third-order valence-electron chi connectivity index (χ3n) is 9.54. The van der Waals surface area contributed by atoms with Gasteiger partial charge >= 0.3 is 0 Å². The number of aryl methyl sites for hydroxylation is 2. The van der Waals surface area contributed by atoms with Gasteiger partial charge in [-0.2, -0.15) is 0 Å². The Morgan fingerprint density at radius 3 is 0.912 bits per heavy atom. The van der Waals surface area contributed by atoms with E-state index in [9.17, 15) is 0 Å². The second-order valence-corrected chi connectivity index (χ2v) is 24.4. The Morgan fingerprint density at radius 1 is 0.471 bits per heavy atom. The molecule has 2 heterocycles. The molecular weight excluding hydrogens is 449 g/mol. The van der Waals surface area contributed by atoms with Crippen molar-refractivity contribution in [2.75, 3.05) is 0 Å². The summed E-state index contributed by atoms with van der Waals surface area (Å²) in [6.07, 6.45) is 0. The molecule has 190 valence electrons. The minimum Gasteiger partial charge on any atom is -0.466 e. The van der Waals surface area contributed by atoms with Crippen LogP contribution in [-0.4, -0.2) is 16.1 Å². The number of furan rings is 2. The third-order valence-corrected chi connectivity index (χ3v) is 23.2. The van der Waals surface area contributed by atoms with E-state index >= 15 is 0 Å². The minimum atomic E-state index is -1.86. The molecule has 1 aromatic carbocycles. The Balaban J connectivity index is 2.37. The Kier molecular flexibility index (Phi) is 7.48. The molecule has 0 N–H and O–H groups in total. The van der Waals surface area contributed by atoms with Gasteiger partial charge in [0.25, 0.3) is 0 Å². The highest BCUT2D eigenvalue weighted by atomic mass is 28.3. The van der Waals surface area contributed by atoms with Crippen LogP contribution in [0.1, 0.15) is 94.2 Å². The van der Waals surface area contributed by atoms with Crippen LogP contribution in [0.2, 0.25) is 33.2 Å². The van der Waals surface area contributed by atoms with Crippen LogP contribution < -0.4 is 10.8 Å². The summed E-state index contributed by atoms with van der Waals surface area (Å²) < 4.78 is 13.8. The summed E-state index contributed by atoms with van der Waals surface area (Å²) in [5.74, 6) is 0. The lowest BCUT2D eigenvalue weighted by Gasteiger charge is -2.41. The van der Waals surface area contributed by atoms with Crippen molar-refractivity contribution in [3.05, 3.63) is 23.3 Å². The molecular formula is C30H50O2Si2. The van der Waals surface area contributed by atoms with E-state index in [1.807, 2.05) is 0 Å². The number of hydrogen-bond acceptors (Lipinski definition) is 2. The molecule has 4 heteroatoms. The van der Waals surface area contributed by atoms with Crippen molar-refractivity contribution in [2.45, 2.75) is 130 Å². The van der Waals surface area contributed by atoms with Gasteiger partial charge in [0.1, 0.15) is 27.3 Å². The molecule has 0 spiro atoms. The van der Waals surface area contributed by atoms with E-state index in [2.05, 4.69) is 109 Å². The topological polar surface area (TPSA) is 26.3 Å². The molecule has 0 bridgehead atoms. The second kappa shape index (κ2) is 9.31. The van der Waals surface area contributed by atoms with Crippen molar-refractivity contribution in [1.29, 1.82) is 0 Å². The van der Waals surface area contributed by atoms with Gasteiger partial charge in [-0.1, -0.05) is 83.1 Å². The van der Waals surface area contributed by atoms with Crippen molar-refractivity contribution in [3.8, 4) is 0 Å². The van der Waals surface area contributed by atoms with E-state index in [-0.39, 0.29) is 0 Å². The van der Waals surface area contributed by atoms with Crippen molar-refractivity contribution in [3.63, 3.8) is 0 Å². The second-order valence-electron chi connectivity index (χ2n) is 12.8. The van der Waals surface area contributed by atoms with E-state index in [0.717, 1.165) is 11.2 Å². The summed E-state index contributed by atoms with van der Waals surface area (Å²) in [6.45, 7) is 33.4. The molecule has 3 rings (SSSR count). The van der Waals surface area contributed by atoms with Gasteiger partial charge in [0, 0.05) is 21.9 Å². The van der Waals surface area contributed by atoms with Gasteiger partial charge < -0.3 is 8.83 Å². The standard InChI is InChI=1S/C30H50O2Si2/c1-17(2)33(18(3)4,19(5)6)27-15-25-23(13)30-26(24(14)29(25)31-27)16-28(32-30)34(20(7)8,21(9)10)22(11)12/h15-22H,1-14H3. The number of rotatable bonds is 8. The Hall–Kier alpha value is -1.27. The molecule has 2 aromatic heterocycles. The molecule has 0 saturated carbocycles. The lowest BCUT2D eigenvalue weighted by atomic mass is 10.0. The first-order valence-electron chi connectivity index (χ1n) is 13.6. The molecule has 0 radical (unpaired) electrons. The number of benzene rings is 1. The van der Waals surface area contributed by atoms with Crippen LogP contribution in [0.3, 0.4) is 0 Å². The summed E-state index contributed by atoms with van der Waals surface area (Å²) in [6, 6.07) is 4.81. The van der Waals surface area contributed by atoms with Crippen LogP contribution in [0.5, 0.6) is 0 Å². The van der Waals surface area contributed by atoms with Gasteiger partial charge in [0.2, 0.25) is 0 Å². The summed E-state index contributed by atoms with van der Waals surface area (Å²) in [5, 5.41) is 5.06. The summed E-state index contributed by atoms with van der Waals surface area (Å²) in [4.78, 5) is 0. The SMILES string of the molecule is Cc1c2cc([Si](C(C)C)(C(C)C)C(C)C)oc2c(C)c2cc([Si](C(C)C)(C(C)C)C(C)C)oc12. The summed E-state index contributed by atoms with van der Waals surface area (Å²) in [7, 11) is -3.73. The van der Waals surface area contributed by atoms with E-state index in [1.54, 1.807) is 0 Å². The fourth-order valence-electron chi connectivity index (χ4n) is 8.27. The first-order valence-corrected chi connectivity index (χ1v) is 18.1. The van der Waals surface area contributed by atoms with Crippen LogP contribution in [0, 0.1) is 13.8 Å². The molecule has 0 unspecified atom stereocenters. The lowest BCUT2D eigenvalue weighted by Crippen LogP contribution is -2.55. The first kappa shape index (κ1) is 27.3. The molecule has 0 saturated heterocycles. The van der Waals surface area contributed by atoms with Gasteiger partial charge in [-0.25, -0.2) is 0 Å².